The van der Waals surface area contributed by atoms with E-state index in [2.05, 4.69) is 5.10 Å². The van der Waals surface area contributed by atoms with Gasteiger partial charge < -0.3 is 11.5 Å². The first-order valence-corrected chi connectivity index (χ1v) is 5.66. The van der Waals surface area contributed by atoms with Gasteiger partial charge in [-0.2, -0.15) is 26.3 Å². The molecule has 0 aliphatic rings. The number of hydrazine groups is 1. The first-order chi connectivity index (χ1) is 9.84. The number of hydrazone groups is 1. The van der Waals surface area contributed by atoms with Crippen molar-refractivity contribution < 1.29 is 26.3 Å². The van der Waals surface area contributed by atoms with E-state index in [-0.39, 0.29) is 10.8 Å². The molecular formula is C11H13F6N5. The quantitative estimate of drug-likeness (QED) is 0.196. The number of rotatable bonds is 3. The van der Waals surface area contributed by atoms with Gasteiger partial charge in [0, 0.05) is 12.7 Å². The molecule has 0 bridgehead atoms. The summed E-state index contributed by atoms with van der Waals surface area (Å²) in [5, 5.41) is 3.18. The van der Waals surface area contributed by atoms with Gasteiger partial charge in [-0.15, -0.1) is 5.10 Å². The third-order valence-electron chi connectivity index (χ3n) is 2.84. The molecule has 0 radical (unpaired) electrons. The van der Waals surface area contributed by atoms with E-state index in [1.54, 1.807) is 0 Å². The van der Waals surface area contributed by atoms with Crippen molar-refractivity contribution in [2.75, 3.05) is 12.8 Å². The molecule has 0 saturated heterocycles. The van der Waals surface area contributed by atoms with E-state index >= 15 is 0 Å². The van der Waals surface area contributed by atoms with Gasteiger partial charge in [0.2, 0.25) is 5.41 Å². The lowest BCUT2D eigenvalue weighted by molar-refractivity contribution is -0.278. The Labute approximate surface area is 121 Å². The summed E-state index contributed by atoms with van der Waals surface area (Å²) < 4.78 is 80.3. The molecule has 1 aromatic rings. The van der Waals surface area contributed by atoms with Crippen LogP contribution in [0.15, 0.2) is 29.4 Å². The number of nitrogens with two attached hydrogens (primary N) is 3. The van der Waals surface area contributed by atoms with E-state index in [1.807, 2.05) is 0 Å². The molecule has 0 atom stereocenters. The number of benzene rings is 1. The van der Waals surface area contributed by atoms with E-state index < -0.39 is 29.2 Å². The predicted octanol–water partition coefficient (Wildman–Crippen LogP) is 1.71. The first kappa shape index (κ1) is 17.9. The number of nitrogens with zero attached hydrogens (tertiary/aromatic N) is 2. The minimum atomic E-state index is -5.80. The molecule has 0 spiro atoms. The van der Waals surface area contributed by atoms with E-state index in [4.69, 9.17) is 17.3 Å². The van der Waals surface area contributed by atoms with E-state index in [9.17, 15) is 26.3 Å². The maximum Gasteiger partial charge on any atom is 0.414 e. The molecule has 22 heavy (non-hydrogen) atoms. The molecule has 11 heteroatoms. The summed E-state index contributed by atoms with van der Waals surface area (Å²) in [6.45, 7) is 0. The molecule has 124 valence electrons. The van der Waals surface area contributed by atoms with Crippen LogP contribution in [-0.2, 0) is 5.41 Å². The summed E-state index contributed by atoms with van der Waals surface area (Å²) in [6.07, 6.45) is -11.6. The van der Waals surface area contributed by atoms with Gasteiger partial charge in [-0.1, -0.05) is 12.1 Å². The Morgan fingerprint density at radius 1 is 1.00 bits per heavy atom. The van der Waals surface area contributed by atoms with Crippen molar-refractivity contribution in [2.24, 2.45) is 16.7 Å². The highest BCUT2D eigenvalue weighted by Crippen LogP contribution is 2.52. The van der Waals surface area contributed by atoms with Gasteiger partial charge in [0.25, 0.3) is 0 Å². The highest BCUT2D eigenvalue weighted by atomic mass is 19.4. The van der Waals surface area contributed by atoms with Gasteiger partial charge in [0.05, 0.1) is 0 Å². The van der Waals surface area contributed by atoms with Crippen LogP contribution < -0.4 is 17.3 Å². The second-order valence-electron chi connectivity index (χ2n) is 4.43. The van der Waals surface area contributed by atoms with Crippen molar-refractivity contribution in [3.8, 4) is 0 Å². The normalized spacial score (nSPS) is 14.1. The molecule has 1 rings (SSSR count). The highest BCUT2D eigenvalue weighted by Gasteiger charge is 2.74. The van der Waals surface area contributed by atoms with Crippen molar-refractivity contribution in [3.05, 3.63) is 29.8 Å². The summed E-state index contributed by atoms with van der Waals surface area (Å²) in [4.78, 5) is 0. The molecule has 1 aromatic carbocycles. The average molecular weight is 329 g/mol. The molecule has 0 amide bonds. The van der Waals surface area contributed by atoms with Crippen LogP contribution in [0.2, 0.25) is 0 Å². The standard InChI is InChI=1S/C11H13F6N5/c1-22(20)21-8(19)9(10(12,13)14,11(15,16)17)6-2-4-7(18)5-3-6/h2-5H,18,20H2,1H3,(H2,19,21). The SMILES string of the molecule is CN(N)/N=C(\N)C(c1ccc(N)cc1)(C(F)(F)F)C(F)(F)F. The Kier molecular flexibility index (Phi) is 4.51. The van der Waals surface area contributed by atoms with Crippen LogP contribution in [0.3, 0.4) is 0 Å². The Hall–Kier alpha value is -2.17. The summed E-state index contributed by atoms with van der Waals surface area (Å²) >= 11 is 0. The molecule has 0 aromatic heterocycles. The van der Waals surface area contributed by atoms with Gasteiger partial charge in [0.1, 0.15) is 0 Å². The number of nitrogen functional groups attached to an aromatic ring is 1. The average Bonchev–Trinajstić information content (AvgIpc) is 2.27. The van der Waals surface area contributed by atoms with E-state index in [0.29, 0.717) is 12.1 Å². The second-order valence-corrected chi connectivity index (χ2v) is 4.43. The minimum Gasteiger partial charge on any atom is -0.399 e. The van der Waals surface area contributed by atoms with Gasteiger partial charge in [0.15, 0.2) is 5.84 Å². The predicted molar refractivity (Wildman–Crippen MR) is 68.2 cm³/mol. The van der Waals surface area contributed by atoms with Crippen LogP contribution in [0.5, 0.6) is 0 Å². The third-order valence-corrected chi connectivity index (χ3v) is 2.84. The summed E-state index contributed by atoms with van der Waals surface area (Å²) in [7, 11) is 0.938. The number of hydrogen-bond acceptors (Lipinski definition) is 4. The zero-order valence-electron chi connectivity index (χ0n) is 11.2. The Bertz CT molecular complexity index is 532. The minimum absolute atomic E-state index is 0.00606. The lowest BCUT2D eigenvalue weighted by Crippen LogP contribution is -2.62. The van der Waals surface area contributed by atoms with Crippen LogP contribution in [0.25, 0.3) is 0 Å². The van der Waals surface area contributed by atoms with Crippen molar-refractivity contribution >= 4 is 11.5 Å². The van der Waals surface area contributed by atoms with Crippen LogP contribution in [0, 0.1) is 0 Å². The van der Waals surface area contributed by atoms with Crippen molar-refractivity contribution in [2.45, 2.75) is 17.8 Å². The van der Waals surface area contributed by atoms with Crippen LogP contribution in [-0.4, -0.2) is 30.4 Å². The van der Waals surface area contributed by atoms with E-state index in [0.717, 1.165) is 19.2 Å². The first-order valence-electron chi connectivity index (χ1n) is 5.66. The van der Waals surface area contributed by atoms with Gasteiger partial charge >= 0.3 is 12.4 Å². The maximum atomic E-state index is 13.4. The highest BCUT2D eigenvalue weighted by molar-refractivity contribution is 5.93. The summed E-state index contributed by atoms with van der Waals surface area (Å²) in [6, 6.07) is 2.99. The number of hydrogen-bond donors (Lipinski definition) is 3. The number of amidine groups is 1. The fourth-order valence-electron chi connectivity index (χ4n) is 1.90. The third kappa shape index (κ3) is 2.89. The maximum absolute atomic E-state index is 13.4. The van der Waals surface area contributed by atoms with Crippen molar-refractivity contribution in [1.82, 2.24) is 5.12 Å². The van der Waals surface area contributed by atoms with Crippen molar-refractivity contribution in [1.29, 1.82) is 0 Å². The Morgan fingerprint density at radius 3 is 1.73 bits per heavy atom. The molecule has 0 fully saturated rings. The lowest BCUT2D eigenvalue weighted by Gasteiger charge is -2.37. The number of halogens is 6. The summed E-state index contributed by atoms with van der Waals surface area (Å²) in [5.74, 6) is 3.24. The molecular weight excluding hydrogens is 316 g/mol. The fourth-order valence-corrected chi connectivity index (χ4v) is 1.90. The molecule has 0 saturated carbocycles. The molecule has 0 heterocycles. The van der Waals surface area contributed by atoms with Gasteiger partial charge in [-0.25, -0.2) is 11.0 Å². The number of anilines is 1. The van der Waals surface area contributed by atoms with Crippen LogP contribution in [0.1, 0.15) is 5.56 Å². The monoisotopic (exact) mass is 329 g/mol. The molecule has 0 aliphatic heterocycles. The Balaban J connectivity index is 3.79. The molecule has 0 unspecified atom stereocenters. The van der Waals surface area contributed by atoms with Crippen LogP contribution >= 0.6 is 0 Å². The summed E-state index contributed by atoms with van der Waals surface area (Å²) in [5.41, 5.74) is 4.68. The molecule has 0 aliphatic carbocycles. The van der Waals surface area contributed by atoms with Crippen LogP contribution in [0.4, 0.5) is 32.0 Å². The number of alkyl halides is 6. The topological polar surface area (TPSA) is 93.7 Å². The van der Waals surface area contributed by atoms with Gasteiger partial charge in [-0.3, -0.25) is 0 Å². The van der Waals surface area contributed by atoms with E-state index in [1.165, 1.54) is 0 Å². The molecule has 6 N–H and O–H groups in total. The Morgan fingerprint density at radius 2 is 1.41 bits per heavy atom. The van der Waals surface area contributed by atoms with Crippen molar-refractivity contribution in [3.63, 3.8) is 0 Å². The second kappa shape index (κ2) is 5.55. The largest absolute Gasteiger partial charge is 0.414 e. The fraction of sp³-hybridized carbons (Fsp3) is 0.364. The van der Waals surface area contributed by atoms with Gasteiger partial charge in [-0.05, 0) is 17.7 Å². The smallest absolute Gasteiger partial charge is 0.399 e. The zero-order chi connectivity index (χ0) is 17.3. The molecule has 5 nitrogen and oxygen atoms in total. The zero-order valence-corrected chi connectivity index (χ0v) is 11.2. The lowest BCUT2D eigenvalue weighted by atomic mass is 9.77.